The van der Waals surface area contributed by atoms with Gasteiger partial charge in [0.2, 0.25) is 0 Å². The van der Waals surface area contributed by atoms with E-state index in [1.807, 2.05) is 42.5 Å². The number of benzene rings is 1. The summed E-state index contributed by atoms with van der Waals surface area (Å²) >= 11 is 0. The van der Waals surface area contributed by atoms with E-state index in [0.717, 1.165) is 40.2 Å². The summed E-state index contributed by atoms with van der Waals surface area (Å²) in [5, 5.41) is 15.1. The topological polar surface area (TPSA) is 90.4 Å². The molecular weight excluding hydrogens is 328 g/mol. The maximum Gasteiger partial charge on any atom is 0.253 e. The van der Waals surface area contributed by atoms with Crippen molar-refractivity contribution < 1.29 is 10.0 Å². The number of nitrogens with zero attached hydrogens (tertiary/aromatic N) is 2. The van der Waals surface area contributed by atoms with Gasteiger partial charge in [-0.1, -0.05) is 23.4 Å². The first-order chi connectivity index (χ1) is 12.7. The summed E-state index contributed by atoms with van der Waals surface area (Å²) in [6.07, 6.45) is 2.56. The maximum absolute atomic E-state index is 12.0. The molecule has 1 aliphatic rings. The Morgan fingerprint density at radius 2 is 2.08 bits per heavy atom. The third kappa shape index (κ3) is 2.86. The highest BCUT2D eigenvalue weighted by Crippen LogP contribution is 2.27. The summed E-state index contributed by atoms with van der Waals surface area (Å²) in [6, 6.07) is 13.5. The van der Waals surface area contributed by atoms with Crippen LogP contribution in [0.5, 0.6) is 0 Å². The number of pyridine rings is 1. The summed E-state index contributed by atoms with van der Waals surface area (Å²) in [7, 11) is 0. The number of carbonyl (C=O) groups is 1. The molecule has 3 heterocycles. The van der Waals surface area contributed by atoms with Gasteiger partial charge in [0.25, 0.3) is 5.91 Å². The van der Waals surface area contributed by atoms with Gasteiger partial charge in [-0.2, -0.15) is 0 Å². The smallest absolute Gasteiger partial charge is 0.253 e. The molecule has 0 radical (unpaired) electrons. The van der Waals surface area contributed by atoms with Gasteiger partial charge in [0.1, 0.15) is 0 Å². The number of aromatic nitrogens is 2. The van der Waals surface area contributed by atoms with Crippen molar-refractivity contribution in [3.05, 3.63) is 65.5 Å². The molecule has 1 aromatic carbocycles. The Labute approximate surface area is 150 Å². The number of carbonyl (C=O) groups excluding carboxylic acids is 1. The highest BCUT2D eigenvalue weighted by Gasteiger charge is 2.20. The largest absolute Gasteiger partial charge is 0.411 e. The highest BCUT2D eigenvalue weighted by atomic mass is 16.4. The SMILES string of the molecule is CC(=NO)c1cccc(-c2cc(-c3cc4c([nH]3)CCNC4=O)ccn2)c1. The molecule has 0 fully saturated rings. The fourth-order valence-corrected chi connectivity index (χ4v) is 3.17. The molecule has 6 nitrogen and oxygen atoms in total. The lowest BCUT2D eigenvalue weighted by atomic mass is 10.0. The lowest BCUT2D eigenvalue weighted by Gasteiger charge is -2.11. The maximum atomic E-state index is 12.0. The third-order valence-corrected chi connectivity index (χ3v) is 4.60. The van der Waals surface area contributed by atoms with E-state index < -0.39 is 0 Å². The van der Waals surface area contributed by atoms with Crippen molar-refractivity contribution in [2.75, 3.05) is 6.54 Å². The van der Waals surface area contributed by atoms with Crippen LogP contribution in [0.1, 0.15) is 28.5 Å². The van der Waals surface area contributed by atoms with Crippen molar-refractivity contribution in [3.8, 4) is 22.5 Å². The number of hydrogen-bond acceptors (Lipinski definition) is 4. The van der Waals surface area contributed by atoms with Crippen LogP contribution in [0.15, 0.2) is 53.8 Å². The third-order valence-electron chi connectivity index (χ3n) is 4.60. The Kier molecular flexibility index (Phi) is 4.01. The average molecular weight is 346 g/mol. The zero-order valence-corrected chi connectivity index (χ0v) is 14.3. The monoisotopic (exact) mass is 346 g/mol. The molecule has 0 saturated carbocycles. The molecule has 0 atom stereocenters. The van der Waals surface area contributed by atoms with Crippen molar-refractivity contribution in [1.29, 1.82) is 0 Å². The van der Waals surface area contributed by atoms with Crippen LogP contribution in [-0.4, -0.2) is 33.3 Å². The molecule has 0 aliphatic carbocycles. The van der Waals surface area contributed by atoms with Crippen LogP contribution in [0.25, 0.3) is 22.5 Å². The minimum absolute atomic E-state index is 0.0329. The van der Waals surface area contributed by atoms with Crippen LogP contribution >= 0.6 is 0 Å². The predicted octanol–water partition coefficient (Wildman–Crippen LogP) is 3.23. The molecule has 3 aromatic rings. The second-order valence-electron chi connectivity index (χ2n) is 6.28. The number of aromatic amines is 1. The first-order valence-corrected chi connectivity index (χ1v) is 8.41. The van der Waals surface area contributed by atoms with Gasteiger partial charge in [-0.3, -0.25) is 9.78 Å². The molecule has 0 bridgehead atoms. The second-order valence-corrected chi connectivity index (χ2v) is 6.28. The number of hydrogen-bond donors (Lipinski definition) is 3. The lowest BCUT2D eigenvalue weighted by molar-refractivity contribution is 0.0946. The molecule has 4 rings (SSSR count). The van der Waals surface area contributed by atoms with E-state index in [2.05, 4.69) is 20.4 Å². The fraction of sp³-hybridized carbons (Fsp3) is 0.150. The van der Waals surface area contributed by atoms with Gasteiger partial charge in [-0.15, -0.1) is 0 Å². The molecule has 0 spiro atoms. The predicted molar refractivity (Wildman–Crippen MR) is 99.5 cm³/mol. The molecule has 0 unspecified atom stereocenters. The van der Waals surface area contributed by atoms with Gasteiger partial charge in [-0.25, -0.2) is 0 Å². The molecule has 130 valence electrons. The van der Waals surface area contributed by atoms with E-state index >= 15 is 0 Å². The normalized spacial score (nSPS) is 14.0. The Morgan fingerprint density at radius 1 is 1.19 bits per heavy atom. The lowest BCUT2D eigenvalue weighted by Crippen LogP contribution is -2.31. The Bertz CT molecular complexity index is 1020. The van der Waals surface area contributed by atoms with Crippen molar-refractivity contribution in [3.63, 3.8) is 0 Å². The number of oxime groups is 1. The minimum Gasteiger partial charge on any atom is -0.411 e. The fourth-order valence-electron chi connectivity index (χ4n) is 3.17. The van der Waals surface area contributed by atoms with E-state index in [0.29, 0.717) is 17.8 Å². The first-order valence-electron chi connectivity index (χ1n) is 8.41. The number of nitrogens with one attached hydrogen (secondary N) is 2. The van der Waals surface area contributed by atoms with E-state index in [1.165, 1.54) is 0 Å². The van der Waals surface area contributed by atoms with Crippen LogP contribution in [0.4, 0.5) is 0 Å². The van der Waals surface area contributed by atoms with Crippen molar-refractivity contribution in [2.24, 2.45) is 5.16 Å². The van der Waals surface area contributed by atoms with Gasteiger partial charge >= 0.3 is 0 Å². The molecule has 1 aliphatic heterocycles. The van der Waals surface area contributed by atoms with Gasteiger partial charge in [0.05, 0.1) is 17.0 Å². The molecule has 2 aromatic heterocycles. The zero-order chi connectivity index (χ0) is 18.1. The van der Waals surface area contributed by atoms with Crippen LogP contribution in [0.2, 0.25) is 0 Å². The summed E-state index contributed by atoms with van der Waals surface area (Å²) < 4.78 is 0. The van der Waals surface area contributed by atoms with Gasteiger partial charge in [0.15, 0.2) is 0 Å². The molecular formula is C20H18N4O2. The zero-order valence-electron chi connectivity index (χ0n) is 14.3. The molecule has 3 N–H and O–H groups in total. The first kappa shape index (κ1) is 16.1. The minimum atomic E-state index is -0.0329. The van der Waals surface area contributed by atoms with Crippen molar-refractivity contribution in [1.82, 2.24) is 15.3 Å². The van der Waals surface area contributed by atoms with Crippen LogP contribution in [0.3, 0.4) is 0 Å². The number of amides is 1. The van der Waals surface area contributed by atoms with Crippen LogP contribution < -0.4 is 5.32 Å². The standard InChI is InChI=1S/C20H18N4O2/c1-12(24-26)13-3-2-4-14(9-13)18-10-15(5-7-21-18)19-11-16-17(23-19)6-8-22-20(16)25/h2-5,7,9-11,23,26H,6,8H2,1H3,(H,22,25). The van der Waals surface area contributed by atoms with Crippen LogP contribution in [0, 0.1) is 0 Å². The Balaban J connectivity index is 1.73. The van der Waals surface area contributed by atoms with Crippen molar-refractivity contribution in [2.45, 2.75) is 13.3 Å². The summed E-state index contributed by atoms with van der Waals surface area (Å²) in [6.45, 7) is 2.41. The van der Waals surface area contributed by atoms with E-state index in [1.54, 1.807) is 13.1 Å². The summed E-state index contributed by atoms with van der Waals surface area (Å²) in [4.78, 5) is 19.8. The van der Waals surface area contributed by atoms with Gasteiger partial charge < -0.3 is 15.5 Å². The molecule has 6 heteroatoms. The van der Waals surface area contributed by atoms with Crippen molar-refractivity contribution >= 4 is 11.6 Å². The number of rotatable bonds is 3. The van der Waals surface area contributed by atoms with Crippen LogP contribution in [-0.2, 0) is 6.42 Å². The Hall–Kier alpha value is -3.41. The van der Waals surface area contributed by atoms with E-state index in [4.69, 9.17) is 5.21 Å². The molecule has 0 saturated heterocycles. The summed E-state index contributed by atoms with van der Waals surface area (Å²) in [5.74, 6) is -0.0329. The highest BCUT2D eigenvalue weighted by molar-refractivity contribution is 5.99. The summed E-state index contributed by atoms with van der Waals surface area (Å²) in [5.41, 5.74) is 6.68. The molecule has 26 heavy (non-hydrogen) atoms. The Morgan fingerprint density at radius 3 is 2.88 bits per heavy atom. The number of H-pyrrole nitrogens is 1. The van der Waals surface area contributed by atoms with E-state index in [9.17, 15) is 4.79 Å². The average Bonchev–Trinajstić information content (AvgIpc) is 3.13. The second kappa shape index (κ2) is 6.48. The van der Waals surface area contributed by atoms with Gasteiger partial charge in [-0.05, 0) is 36.8 Å². The van der Waals surface area contributed by atoms with Gasteiger partial charge in [0, 0.05) is 41.7 Å². The quantitative estimate of drug-likeness (QED) is 0.386. The molecule has 1 amide bonds. The number of fused-ring (bicyclic) bond motifs is 1. The van der Waals surface area contributed by atoms with E-state index in [-0.39, 0.29) is 5.91 Å².